The van der Waals surface area contributed by atoms with Gasteiger partial charge in [-0.05, 0) is 112 Å². The number of carbonyl (C=O) groups excluding carboxylic acids is 2. The van der Waals surface area contributed by atoms with Gasteiger partial charge in [-0.3, -0.25) is 0 Å². The molecule has 0 bridgehead atoms. The van der Waals surface area contributed by atoms with E-state index in [1.54, 1.807) is 24.3 Å². The number of amides is 2. The van der Waals surface area contributed by atoms with Crippen LogP contribution in [0.15, 0.2) is 58.5 Å². The Morgan fingerprint density at radius 2 is 1.10 bits per heavy atom. The van der Waals surface area contributed by atoms with E-state index < -0.39 is 12.2 Å². The molecule has 2 aromatic rings. The summed E-state index contributed by atoms with van der Waals surface area (Å²) < 4.78 is 21.7. The predicted octanol–water partition coefficient (Wildman–Crippen LogP) is 7.58. The number of likely N-dealkylation sites (tertiary alicyclic amines) is 1. The van der Waals surface area contributed by atoms with Gasteiger partial charge < -0.3 is 35.3 Å². The molecule has 0 atom stereocenters. The largest absolute Gasteiger partial charge is 0.494 e. The Labute approximate surface area is 288 Å². The van der Waals surface area contributed by atoms with E-state index in [-0.39, 0.29) is 11.7 Å². The quantitative estimate of drug-likeness (QED) is 0.105. The van der Waals surface area contributed by atoms with Gasteiger partial charge in [-0.2, -0.15) is 9.98 Å². The highest BCUT2D eigenvalue weighted by atomic mass is 16.5. The molecule has 4 N–H and O–H groups in total. The number of rotatable bonds is 16. The number of piperidine rings is 1. The highest BCUT2D eigenvalue weighted by Gasteiger charge is 2.18. The van der Waals surface area contributed by atoms with Crippen LogP contribution in [0.3, 0.4) is 0 Å². The molecule has 1 saturated heterocycles. The second-order valence-electron chi connectivity index (χ2n) is 10.7. The Hall–Kier alpha value is -4.12. The first-order valence-corrected chi connectivity index (χ1v) is 17.6. The van der Waals surface area contributed by atoms with Crippen molar-refractivity contribution < 1.29 is 28.5 Å². The third-order valence-electron chi connectivity index (χ3n) is 7.20. The summed E-state index contributed by atoms with van der Waals surface area (Å²) in [6.45, 7) is 17.0. The first-order chi connectivity index (χ1) is 23.4. The Morgan fingerprint density at radius 1 is 0.688 bits per heavy atom. The van der Waals surface area contributed by atoms with E-state index in [4.69, 9.17) is 30.4 Å². The van der Waals surface area contributed by atoms with Gasteiger partial charge in [0.1, 0.15) is 23.2 Å². The van der Waals surface area contributed by atoms with Crippen LogP contribution in [0.1, 0.15) is 97.6 Å². The summed E-state index contributed by atoms with van der Waals surface area (Å²) in [5, 5.41) is 0. The lowest BCUT2D eigenvalue weighted by atomic mass is 9.92. The van der Waals surface area contributed by atoms with Crippen molar-refractivity contribution in [2.24, 2.45) is 27.4 Å². The average molecular weight is 670 g/mol. The number of nitrogens with zero attached hydrogens (tertiary/aromatic N) is 3. The molecule has 0 saturated carbocycles. The van der Waals surface area contributed by atoms with Crippen molar-refractivity contribution in [1.82, 2.24) is 4.90 Å². The summed E-state index contributed by atoms with van der Waals surface area (Å²) in [6, 6.07) is 14.5. The van der Waals surface area contributed by atoms with Crippen LogP contribution < -0.4 is 20.9 Å². The molecule has 0 aromatic heterocycles. The lowest BCUT2D eigenvalue weighted by Gasteiger charge is -2.32. The van der Waals surface area contributed by atoms with Gasteiger partial charge in [-0.1, -0.05) is 41.5 Å². The zero-order valence-electron chi connectivity index (χ0n) is 30.0. The topological polar surface area (TPSA) is 151 Å². The molecule has 0 unspecified atom stereocenters. The molecule has 2 amide bonds. The number of hydrogen-bond donors (Lipinski definition) is 2. The Morgan fingerprint density at radius 3 is 1.52 bits per heavy atom. The van der Waals surface area contributed by atoms with E-state index in [1.807, 2.05) is 65.8 Å². The van der Waals surface area contributed by atoms with Gasteiger partial charge in [0, 0.05) is 17.7 Å². The standard InChI is InChI=1S/C33H47N5O6.2C2H6/c1-3-21-43-32(39)36-30(34)26-8-12-28(13-9-26)41-23-5-7-25-16-19-38(20-17-25)18-6-24-42-29-14-10-27(11-15-29)31(35)37-33(40)44-22-4-2;2*1-2/h8-15,25H,3-7,16-24H2,1-2H3,(H2,34,36,39)(H2,35,37,40);2*1-2H3. The van der Waals surface area contributed by atoms with Crippen LogP contribution in [-0.4, -0.2) is 74.8 Å². The summed E-state index contributed by atoms with van der Waals surface area (Å²) in [5.41, 5.74) is 13.1. The van der Waals surface area contributed by atoms with E-state index in [1.165, 1.54) is 12.8 Å². The molecule has 1 heterocycles. The van der Waals surface area contributed by atoms with Crippen LogP contribution in [0.25, 0.3) is 0 Å². The van der Waals surface area contributed by atoms with Gasteiger partial charge in [0.25, 0.3) is 0 Å². The highest BCUT2D eigenvalue weighted by Crippen LogP contribution is 2.23. The Kier molecular flexibility index (Phi) is 22.6. The molecule has 1 aliphatic heterocycles. The summed E-state index contributed by atoms with van der Waals surface area (Å²) in [7, 11) is 0. The van der Waals surface area contributed by atoms with Crippen molar-refractivity contribution >= 4 is 23.9 Å². The van der Waals surface area contributed by atoms with Crippen LogP contribution in [0.2, 0.25) is 0 Å². The van der Waals surface area contributed by atoms with Crippen LogP contribution in [-0.2, 0) is 9.47 Å². The van der Waals surface area contributed by atoms with Crippen molar-refractivity contribution in [2.75, 3.05) is 46.1 Å². The Balaban J connectivity index is 0.00000277. The molecular weight excluding hydrogens is 610 g/mol. The van der Waals surface area contributed by atoms with Gasteiger partial charge in [0.15, 0.2) is 0 Å². The molecule has 1 fully saturated rings. The molecular formula is C37H59N5O6. The third-order valence-corrected chi connectivity index (χ3v) is 7.20. The van der Waals surface area contributed by atoms with E-state index in [0.29, 0.717) is 37.6 Å². The molecule has 48 heavy (non-hydrogen) atoms. The van der Waals surface area contributed by atoms with E-state index in [0.717, 1.165) is 69.2 Å². The van der Waals surface area contributed by atoms with E-state index in [2.05, 4.69) is 14.9 Å². The van der Waals surface area contributed by atoms with E-state index in [9.17, 15) is 9.59 Å². The number of nitrogens with two attached hydrogens (primary N) is 2. The van der Waals surface area contributed by atoms with Crippen molar-refractivity contribution in [3.8, 4) is 11.5 Å². The minimum absolute atomic E-state index is 0.126. The maximum atomic E-state index is 11.6. The zero-order valence-corrected chi connectivity index (χ0v) is 30.0. The highest BCUT2D eigenvalue weighted by molar-refractivity contribution is 6.03. The maximum Gasteiger partial charge on any atom is 0.435 e. The van der Waals surface area contributed by atoms with Gasteiger partial charge in [0.2, 0.25) is 0 Å². The summed E-state index contributed by atoms with van der Waals surface area (Å²) in [4.78, 5) is 33.3. The van der Waals surface area contributed by atoms with E-state index >= 15 is 0 Å². The molecule has 11 nitrogen and oxygen atoms in total. The zero-order chi connectivity index (χ0) is 35.6. The minimum atomic E-state index is -0.676. The molecule has 2 aromatic carbocycles. The van der Waals surface area contributed by atoms with Crippen molar-refractivity contribution in [3.05, 3.63) is 59.7 Å². The molecule has 11 heteroatoms. The SMILES string of the molecule is CC.CC.CCCOC(=O)/N=C(\N)c1ccc(OCCCC2CCN(CCCOc3ccc(/C(N)=N/C(=O)OCCC)cc3)CC2)cc1. The normalized spacial score (nSPS) is 13.7. The molecule has 1 aliphatic rings. The molecule has 0 aliphatic carbocycles. The van der Waals surface area contributed by atoms with Gasteiger partial charge >= 0.3 is 12.2 Å². The van der Waals surface area contributed by atoms with Gasteiger partial charge in [-0.25, -0.2) is 9.59 Å². The number of aliphatic imine (C=N–C) groups is 2. The Bertz CT molecular complexity index is 1110. The molecule has 0 radical (unpaired) electrons. The average Bonchev–Trinajstić information content (AvgIpc) is 3.12. The molecule has 0 spiro atoms. The van der Waals surface area contributed by atoms with Crippen LogP contribution in [0, 0.1) is 5.92 Å². The van der Waals surface area contributed by atoms with Gasteiger partial charge in [-0.15, -0.1) is 0 Å². The fraction of sp³-hybridized carbons (Fsp3) is 0.568. The van der Waals surface area contributed by atoms with Gasteiger partial charge in [0.05, 0.1) is 26.4 Å². The lowest BCUT2D eigenvalue weighted by molar-refractivity contribution is 0.156. The van der Waals surface area contributed by atoms with Crippen LogP contribution in [0.5, 0.6) is 11.5 Å². The first kappa shape index (κ1) is 41.9. The number of amidine groups is 2. The van der Waals surface area contributed by atoms with Crippen LogP contribution in [0.4, 0.5) is 9.59 Å². The van der Waals surface area contributed by atoms with Crippen molar-refractivity contribution in [2.45, 2.75) is 86.5 Å². The fourth-order valence-electron chi connectivity index (χ4n) is 4.75. The predicted molar refractivity (Wildman–Crippen MR) is 194 cm³/mol. The number of ether oxygens (including phenoxy) is 4. The molecule has 3 rings (SSSR count). The minimum Gasteiger partial charge on any atom is -0.494 e. The van der Waals surface area contributed by atoms with Crippen molar-refractivity contribution in [1.29, 1.82) is 0 Å². The second-order valence-corrected chi connectivity index (χ2v) is 10.7. The lowest BCUT2D eigenvalue weighted by Crippen LogP contribution is -2.35. The number of benzene rings is 2. The fourth-order valence-corrected chi connectivity index (χ4v) is 4.75. The maximum absolute atomic E-state index is 11.6. The summed E-state index contributed by atoms with van der Waals surface area (Å²) in [5.74, 6) is 2.50. The third kappa shape index (κ3) is 17.2. The second kappa shape index (κ2) is 25.9. The van der Waals surface area contributed by atoms with Crippen LogP contribution >= 0.6 is 0 Å². The summed E-state index contributed by atoms with van der Waals surface area (Å²) in [6.07, 6.45) is 5.62. The number of carbonyl (C=O) groups is 2. The summed E-state index contributed by atoms with van der Waals surface area (Å²) >= 11 is 0. The molecule has 268 valence electrons. The van der Waals surface area contributed by atoms with Crippen molar-refractivity contribution in [3.63, 3.8) is 0 Å². The first-order valence-electron chi connectivity index (χ1n) is 17.6. The monoisotopic (exact) mass is 669 g/mol. The number of hydrogen-bond acceptors (Lipinski definition) is 7. The smallest absolute Gasteiger partial charge is 0.435 e.